The van der Waals surface area contributed by atoms with Crippen LogP contribution in [0.25, 0.3) is 11.0 Å². The van der Waals surface area contributed by atoms with Gasteiger partial charge in [-0.15, -0.1) is 0 Å². The number of ether oxygens (including phenoxy) is 3. The summed E-state index contributed by atoms with van der Waals surface area (Å²) in [5, 5.41) is 0.289. The smallest absolute Gasteiger partial charge is 0.414 e. The molecule has 1 aromatic carbocycles. The summed E-state index contributed by atoms with van der Waals surface area (Å²) in [7, 11) is 0. The Morgan fingerprint density at radius 1 is 1.23 bits per heavy atom. The molecule has 1 aliphatic heterocycles. The van der Waals surface area contributed by atoms with Crippen molar-refractivity contribution in [3.8, 4) is 0 Å². The van der Waals surface area contributed by atoms with Gasteiger partial charge in [-0.05, 0) is 45.2 Å². The van der Waals surface area contributed by atoms with Gasteiger partial charge in [-0.3, -0.25) is 4.90 Å². The molecule has 0 N–H and O–H groups in total. The van der Waals surface area contributed by atoms with Gasteiger partial charge in [-0.2, -0.15) is 0 Å². The van der Waals surface area contributed by atoms with E-state index in [9.17, 15) is 14.0 Å². The summed E-state index contributed by atoms with van der Waals surface area (Å²) in [5.41, 5.74) is 0.0357. The minimum Gasteiger partial charge on any atom is -0.460 e. The minimum atomic E-state index is -0.771. The molecule has 9 heteroatoms. The van der Waals surface area contributed by atoms with Crippen LogP contribution in [0.3, 0.4) is 0 Å². The number of carbonyl (C=O) groups is 2. The molecule has 1 fully saturated rings. The van der Waals surface area contributed by atoms with E-state index in [2.05, 4.69) is 15.9 Å². The number of esters is 1. The van der Waals surface area contributed by atoms with Crippen LogP contribution >= 0.6 is 15.9 Å². The second-order valence-electron chi connectivity index (χ2n) is 6.91. The fourth-order valence-electron chi connectivity index (χ4n) is 3.68. The molecule has 0 bridgehead atoms. The Bertz CT molecular complexity index is 930. The molecule has 0 saturated carbocycles. The Morgan fingerprint density at radius 2 is 1.97 bits per heavy atom. The number of hydrogen-bond acceptors (Lipinski definition) is 6. The third-order valence-corrected chi connectivity index (χ3v) is 5.47. The predicted octanol–water partition coefficient (Wildman–Crippen LogP) is 5.43. The van der Waals surface area contributed by atoms with Crippen LogP contribution in [0.5, 0.6) is 0 Å². The molecule has 1 saturated heterocycles. The summed E-state index contributed by atoms with van der Waals surface area (Å²) >= 11 is 3.28. The Labute approximate surface area is 182 Å². The van der Waals surface area contributed by atoms with Crippen LogP contribution in [-0.4, -0.2) is 44.0 Å². The number of rotatable bonds is 6. The normalized spacial score (nSPS) is 19.0. The van der Waals surface area contributed by atoms with Crippen molar-refractivity contribution in [2.24, 2.45) is 0 Å². The predicted molar refractivity (Wildman–Crippen MR) is 112 cm³/mol. The highest BCUT2D eigenvalue weighted by Crippen LogP contribution is 2.40. The number of benzene rings is 1. The first-order valence-corrected chi connectivity index (χ1v) is 10.9. The summed E-state index contributed by atoms with van der Waals surface area (Å²) in [4.78, 5) is 27.1. The summed E-state index contributed by atoms with van der Waals surface area (Å²) in [6.07, 6.45) is 1.22. The highest BCUT2D eigenvalue weighted by molar-refractivity contribution is 9.10. The highest BCUT2D eigenvalue weighted by atomic mass is 79.9. The molecule has 1 aromatic heterocycles. The first-order valence-electron chi connectivity index (χ1n) is 10.1. The first-order chi connectivity index (χ1) is 14.4. The van der Waals surface area contributed by atoms with E-state index in [0.717, 1.165) is 6.42 Å². The number of halogens is 2. The second kappa shape index (κ2) is 9.78. The molecular formula is C21H25BrFNO6. The average Bonchev–Trinajstić information content (AvgIpc) is 3.08. The lowest BCUT2D eigenvalue weighted by Gasteiger charge is -2.36. The molecule has 2 aromatic rings. The maximum Gasteiger partial charge on any atom is 0.414 e. The van der Waals surface area contributed by atoms with Gasteiger partial charge in [0.1, 0.15) is 5.69 Å². The van der Waals surface area contributed by atoms with Crippen molar-refractivity contribution < 1.29 is 32.6 Å². The lowest BCUT2D eigenvalue weighted by molar-refractivity contribution is 0.00465. The molecule has 0 spiro atoms. The van der Waals surface area contributed by atoms with Gasteiger partial charge >= 0.3 is 12.1 Å². The SMILES string of the molecule is CCOC(=O)c1oc2c(F)cc(Br)cc2c1N(C(=O)OCC)[C@H]1CCO[C@@H](CC)C1. The molecule has 1 amide bonds. The molecular weight excluding hydrogens is 461 g/mol. The third-order valence-electron chi connectivity index (χ3n) is 5.01. The van der Waals surface area contributed by atoms with Gasteiger partial charge < -0.3 is 18.6 Å². The molecule has 2 atom stereocenters. The molecule has 0 radical (unpaired) electrons. The van der Waals surface area contributed by atoms with Gasteiger partial charge in [0.2, 0.25) is 5.76 Å². The molecule has 3 rings (SSSR count). The molecule has 7 nitrogen and oxygen atoms in total. The van der Waals surface area contributed by atoms with Crippen molar-refractivity contribution in [2.75, 3.05) is 24.7 Å². The van der Waals surface area contributed by atoms with Crippen molar-refractivity contribution in [3.63, 3.8) is 0 Å². The van der Waals surface area contributed by atoms with Gasteiger partial charge in [-0.1, -0.05) is 22.9 Å². The van der Waals surface area contributed by atoms with Gasteiger partial charge in [0.25, 0.3) is 0 Å². The second-order valence-corrected chi connectivity index (χ2v) is 7.83. The van der Waals surface area contributed by atoms with Gasteiger partial charge in [-0.25, -0.2) is 14.0 Å². The van der Waals surface area contributed by atoms with Gasteiger partial charge in [0.05, 0.1) is 19.3 Å². The van der Waals surface area contributed by atoms with E-state index in [1.165, 1.54) is 11.0 Å². The zero-order chi connectivity index (χ0) is 21.8. The molecule has 2 heterocycles. The number of hydrogen-bond donors (Lipinski definition) is 0. The quantitative estimate of drug-likeness (QED) is 0.507. The van der Waals surface area contributed by atoms with Gasteiger partial charge in [0.15, 0.2) is 11.4 Å². The number of furan rings is 1. The van der Waals surface area contributed by atoms with Crippen molar-refractivity contribution in [1.82, 2.24) is 0 Å². The highest BCUT2D eigenvalue weighted by Gasteiger charge is 2.38. The minimum absolute atomic E-state index is 0.0339. The fourth-order valence-corrected chi connectivity index (χ4v) is 4.11. The van der Waals surface area contributed by atoms with Crippen LogP contribution in [0.1, 0.15) is 50.6 Å². The summed E-state index contributed by atoms with van der Waals surface area (Å²) in [5.74, 6) is -1.65. The van der Waals surface area contributed by atoms with Crippen molar-refractivity contribution in [1.29, 1.82) is 0 Å². The maximum absolute atomic E-state index is 14.6. The standard InChI is InChI=1S/C21H25BrFNO6/c1-4-14-11-13(7-8-29-14)24(21(26)28-6-3)17-15-9-12(22)10-16(23)18(15)30-19(17)20(25)27-5-2/h9-10,13-14H,4-8,11H2,1-3H3/t13-,14-/m0/s1. The van der Waals surface area contributed by atoms with Crippen LogP contribution in [-0.2, 0) is 14.2 Å². The summed E-state index contributed by atoms with van der Waals surface area (Å²) < 4.78 is 36.8. The van der Waals surface area contributed by atoms with Crippen molar-refractivity contribution >= 4 is 44.6 Å². The van der Waals surface area contributed by atoms with E-state index in [0.29, 0.717) is 23.9 Å². The Morgan fingerprint density at radius 3 is 2.63 bits per heavy atom. The van der Waals surface area contributed by atoms with Crippen LogP contribution < -0.4 is 4.90 Å². The number of amides is 1. The molecule has 30 heavy (non-hydrogen) atoms. The summed E-state index contributed by atoms with van der Waals surface area (Å²) in [6.45, 7) is 6.08. The zero-order valence-corrected chi connectivity index (χ0v) is 18.8. The number of fused-ring (bicyclic) bond motifs is 1. The van der Waals surface area contributed by atoms with E-state index < -0.39 is 17.9 Å². The topological polar surface area (TPSA) is 78.2 Å². The van der Waals surface area contributed by atoms with Crippen molar-refractivity contribution in [2.45, 2.75) is 52.2 Å². The van der Waals surface area contributed by atoms with E-state index in [-0.39, 0.29) is 47.8 Å². The number of anilines is 1. The van der Waals surface area contributed by atoms with Gasteiger partial charge in [0, 0.05) is 22.5 Å². The van der Waals surface area contributed by atoms with E-state index in [4.69, 9.17) is 18.6 Å². The lowest BCUT2D eigenvalue weighted by Crippen LogP contribution is -2.46. The van der Waals surface area contributed by atoms with E-state index in [1.54, 1.807) is 19.9 Å². The third kappa shape index (κ3) is 4.46. The van der Waals surface area contributed by atoms with E-state index >= 15 is 0 Å². The first kappa shape index (κ1) is 22.6. The molecule has 164 valence electrons. The number of nitrogens with zero attached hydrogens (tertiary/aromatic N) is 1. The van der Waals surface area contributed by atoms with Crippen LogP contribution in [0.2, 0.25) is 0 Å². The molecule has 0 aliphatic carbocycles. The molecule has 0 unspecified atom stereocenters. The Kier molecular flexibility index (Phi) is 7.36. The monoisotopic (exact) mass is 485 g/mol. The molecule has 1 aliphatic rings. The van der Waals surface area contributed by atoms with Crippen LogP contribution in [0, 0.1) is 5.82 Å². The van der Waals surface area contributed by atoms with Crippen LogP contribution in [0.4, 0.5) is 14.9 Å². The Balaban J connectivity index is 2.22. The Hall–Kier alpha value is -2.13. The maximum atomic E-state index is 14.6. The van der Waals surface area contributed by atoms with E-state index in [1.807, 2.05) is 6.92 Å². The average molecular weight is 486 g/mol. The number of carbonyl (C=O) groups excluding carboxylic acids is 2. The van der Waals surface area contributed by atoms with Crippen molar-refractivity contribution in [3.05, 3.63) is 28.2 Å². The lowest BCUT2D eigenvalue weighted by atomic mass is 9.99. The summed E-state index contributed by atoms with van der Waals surface area (Å²) in [6, 6.07) is 2.54. The largest absolute Gasteiger partial charge is 0.460 e. The zero-order valence-electron chi connectivity index (χ0n) is 17.2. The fraction of sp³-hybridized carbons (Fsp3) is 0.524. The van der Waals surface area contributed by atoms with Crippen LogP contribution in [0.15, 0.2) is 21.0 Å².